The van der Waals surface area contributed by atoms with E-state index in [1.54, 1.807) is 40.2 Å². The third-order valence-electron chi connectivity index (χ3n) is 8.67. The second kappa shape index (κ2) is 12.7. The summed E-state index contributed by atoms with van der Waals surface area (Å²) in [4.78, 5) is 35.8. The molecule has 3 aromatic heterocycles. The monoisotopic (exact) mass is 662 g/mol. The molecule has 252 valence electrons. The van der Waals surface area contributed by atoms with Crippen LogP contribution in [0.15, 0.2) is 36.8 Å². The maximum atomic E-state index is 16.7. The van der Waals surface area contributed by atoms with Gasteiger partial charge in [-0.2, -0.15) is 15.2 Å². The van der Waals surface area contributed by atoms with Gasteiger partial charge in [-0.15, -0.1) is 0 Å². The summed E-state index contributed by atoms with van der Waals surface area (Å²) in [7, 11) is 1.60. The number of nitrogens with zero attached hydrogens (tertiary/aromatic N) is 8. The number of ether oxygens (including phenoxy) is 2. The number of nitriles is 1. The molecular weight excluding hydrogens is 625 g/mol. The summed E-state index contributed by atoms with van der Waals surface area (Å²) >= 11 is 0. The summed E-state index contributed by atoms with van der Waals surface area (Å²) < 4.78 is 56.4. The van der Waals surface area contributed by atoms with Crippen molar-refractivity contribution < 1.29 is 27.4 Å². The highest BCUT2D eigenvalue weighted by atomic mass is 19.3. The Morgan fingerprint density at radius 2 is 1.94 bits per heavy atom. The fourth-order valence-corrected chi connectivity index (χ4v) is 6.42. The summed E-state index contributed by atoms with van der Waals surface area (Å²) in [5.74, 6) is -3.28. The van der Waals surface area contributed by atoms with Gasteiger partial charge in [0.15, 0.2) is 5.82 Å². The zero-order chi connectivity index (χ0) is 34.4. The van der Waals surface area contributed by atoms with Gasteiger partial charge in [0, 0.05) is 61.6 Å². The van der Waals surface area contributed by atoms with Gasteiger partial charge in [0.25, 0.3) is 5.92 Å². The predicted molar refractivity (Wildman–Crippen MR) is 173 cm³/mol. The summed E-state index contributed by atoms with van der Waals surface area (Å²) in [5, 5.41) is 11.5. The van der Waals surface area contributed by atoms with Crippen molar-refractivity contribution in [3.8, 4) is 23.3 Å². The molecule has 0 bridgehead atoms. The molecule has 14 heteroatoms. The number of carbonyl (C=O) groups is 1. The van der Waals surface area contributed by atoms with Crippen LogP contribution in [0, 0.1) is 24.1 Å². The maximum absolute atomic E-state index is 16.7. The fraction of sp³-hybridized carbons (Fsp3) is 0.471. The second-order valence-corrected chi connectivity index (χ2v) is 13.4. The lowest BCUT2D eigenvalue weighted by atomic mass is 10.00. The third kappa shape index (κ3) is 6.64. The van der Waals surface area contributed by atoms with Crippen LogP contribution in [0.4, 0.5) is 23.8 Å². The number of hydrogen-bond donors (Lipinski definition) is 0. The molecule has 11 nitrogen and oxygen atoms in total. The summed E-state index contributed by atoms with van der Waals surface area (Å²) in [5.41, 5.74) is 0.654. The van der Waals surface area contributed by atoms with Crippen LogP contribution in [-0.2, 0) is 4.74 Å². The van der Waals surface area contributed by atoms with Crippen LogP contribution in [0.5, 0.6) is 6.01 Å². The van der Waals surface area contributed by atoms with E-state index >= 15 is 4.39 Å². The van der Waals surface area contributed by atoms with E-state index in [1.807, 2.05) is 30.0 Å². The van der Waals surface area contributed by atoms with Crippen molar-refractivity contribution in [1.29, 1.82) is 5.26 Å². The van der Waals surface area contributed by atoms with E-state index in [1.165, 1.54) is 16.0 Å². The first-order chi connectivity index (χ1) is 22.7. The molecule has 4 aromatic rings. The van der Waals surface area contributed by atoms with E-state index in [-0.39, 0.29) is 62.1 Å². The van der Waals surface area contributed by atoms with Crippen LogP contribution >= 0.6 is 0 Å². The highest BCUT2D eigenvalue weighted by Crippen LogP contribution is 2.37. The van der Waals surface area contributed by atoms with E-state index in [0.717, 1.165) is 16.3 Å². The summed E-state index contributed by atoms with van der Waals surface area (Å²) in [6, 6.07) is 6.53. The van der Waals surface area contributed by atoms with Gasteiger partial charge in [-0.1, -0.05) is 18.2 Å². The van der Waals surface area contributed by atoms with Gasteiger partial charge in [0.1, 0.15) is 29.2 Å². The van der Waals surface area contributed by atoms with Crippen molar-refractivity contribution in [2.75, 3.05) is 44.7 Å². The van der Waals surface area contributed by atoms with Gasteiger partial charge < -0.3 is 19.3 Å². The van der Waals surface area contributed by atoms with Crippen LogP contribution in [0.1, 0.15) is 39.2 Å². The number of pyridine rings is 2. The largest absolute Gasteiger partial charge is 0.462 e. The molecular formula is C34H37F3N8O3. The second-order valence-electron chi connectivity index (χ2n) is 13.4. The number of hydrogen-bond acceptors (Lipinski definition) is 10. The molecule has 1 amide bonds. The Balaban J connectivity index is 1.42. The standard InChI is InChI=1S/C34H37F3N8O3/c1-20-7-6-8-21-14-39-15-24(26(20)21)28-27(35)29-25(16-40-28)30(42-31(41-29)47-18-23-13-34(36,37)19-43(23)5)44-11-12-45(22(17-44)9-10-38)32(46)48-33(2,3)4/h6-8,14-16,22-23H,9,11-13,17-19H2,1-5H3/t22-,23-/m0/s1. The minimum atomic E-state index is -2.85. The quantitative estimate of drug-likeness (QED) is 0.253. The molecule has 48 heavy (non-hydrogen) atoms. The number of anilines is 1. The van der Waals surface area contributed by atoms with Gasteiger partial charge >= 0.3 is 12.1 Å². The lowest BCUT2D eigenvalue weighted by Crippen LogP contribution is -2.56. The Morgan fingerprint density at radius 3 is 2.65 bits per heavy atom. The highest BCUT2D eigenvalue weighted by molar-refractivity contribution is 6.00. The molecule has 0 aliphatic carbocycles. The fourth-order valence-electron chi connectivity index (χ4n) is 6.42. The van der Waals surface area contributed by atoms with Crippen molar-refractivity contribution in [3.05, 3.63) is 48.2 Å². The zero-order valence-corrected chi connectivity index (χ0v) is 27.5. The molecule has 2 aliphatic heterocycles. The Labute approximate surface area is 276 Å². The van der Waals surface area contributed by atoms with E-state index in [9.17, 15) is 18.8 Å². The molecule has 1 aromatic carbocycles. The molecule has 0 saturated carbocycles. The molecule has 2 aliphatic rings. The summed E-state index contributed by atoms with van der Waals surface area (Å²) in [6.45, 7) is 7.38. The maximum Gasteiger partial charge on any atom is 0.410 e. The minimum Gasteiger partial charge on any atom is -0.462 e. The number of likely N-dealkylation sites (N-methyl/N-ethyl adjacent to an activating group) is 1. The Kier molecular flexibility index (Phi) is 8.76. The minimum absolute atomic E-state index is 0.0224. The number of amides is 1. The lowest BCUT2D eigenvalue weighted by molar-refractivity contribution is 0.0132. The number of aryl methyl sites for hydroxylation is 1. The first-order valence-electron chi connectivity index (χ1n) is 15.8. The van der Waals surface area contributed by atoms with Crippen LogP contribution in [0.2, 0.25) is 0 Å². The predicted octanol–water partition coefficient (Wildman–Crippen LogP) is 5.75. The average molecular weight is 663 g/mol. The van der Waals surface area contributed by atoms with E-state index in [2.05, 4.69) is 26.0 Å². The first kappa shape index (κ1) is 33.1. The van der Waals surface area contributed by atoms with E-state index in [4.69, 9.17) is 9.47 Å². The lowest BCUT2D eigenvalue weighted by Gasteiger charge is -2.41. The molecule has 2 fully saturated rings. The Hall–Kier alpha value is -4.77. The normalized spacial score (nSPS) is 19.9. The van der Waals surface area contributed by atoms with Crippen LogP contribution in [0.25, 0.3) is 32.9 Å². The molecule has 0 spiro atoms. The van der Waals surface area contributed by atoms with Crippen LogP contribution in [0.3, 0.4) is 0 Å². The molecule has 0 unspecified atom stereocenters. The Bertz CT molecular complexity index is 1910. The topological polar surface area (TPSA) is 121 Å². The number of alkyl halides is 2. The van der Waals surface area contributed by atoms with Crippen molar-refractivity contribution in [2.24, 2.45) is 0 Å². The van der Waals surface area contributed by atoms with Gasteiger partial charge in [-0.05, 0) is 45.7 Å². The van der Waals surface area contributed by atoms with Gasteiger partial charge in [0.05, 0.1) is 30.5 Å². The first-order valence-corrected chi connectivity index (χ1v) is 15.8. The number of rotatable bonds is 6. The van der Waals surface area contributed by atoms with Crippen LogP contribution < -0.4 is 9.64 Å². The molecule has 2 saturated heterocycles. The smallest absolute Gasteiger partial charge is 0.410 e. The highest BCUT2D eigenvalue weighted by Gasteiger charge is 2.43. The number of piperazine rings is 1. The Morgan fingerprint density at radius 1 is 1.15 bits per heavy atom. The molecule has 2 atom stereocenters. The molecule has 0 radical (unpaired) electrons. The number of halogens is 3. The van der Waals surface area contributed by atoms with Crippen molar-refractivity contribution in [2.45, 2.75) is 64.1 Å². The van der Waals surface area contributed by atoms with E-state index < -0.39 is 42.1 Å². The van der Waals surface area contributed by atoms with Crippen molar-refractivity contribution in [3.63, 3.8) is 0 Å². The average Bonchev–Trinajstić information content (AvgIpc) is 3.29. The molecule has 0 N–H and O–H groups in total. The number of fused-ring (bicyclic) bond motifs is 2. The number of carbonyl (C=O) groups excluding carboxylic acids is 1. The van der Waals surface area contributed by atoms with Crippen molar-refractivity contribution in [1.82, 2.24) is 29.7 Å². The third-order valence-corrected chi connectivity index (χ3v) is 8.67. The number of benzene rings is 1. The number of aromatic nitrogens is 4. The van der Waals surface area contributed by atoms with Gasteiger partial charge in [-0.3, -0.25) is 14.9 Å². The van der Waals surface area contributed by atoms with Crippen molar-refractivity contribution >= 4 is 33.6 Å². The summed E-state index contributed by atoms with van der Waals surface area (Å²) in [6.07, 6.45) is 3.86. The zero-order valence-electron chi connectivity index (χ0n) is 27.5. The van der Waals surface area contributed by atoms with E-state index in [0.29, 0.717) is 10.9 Å². The molecule has 5 heterocycles. The van der Waals surface area contributed by atoms with Gasteiger partial charge in [0.2, 0.25) is 0 Å². The molecule has 6 rings (SSSR count). The van der Waals surface area contributed by atoms with Crippen LogP contribution in [-0.4, -0.2) is 99.3 Å². The SMILES string of the molecule is Cc1cccc2cncc(-c3ncc4c(N5CCN(C(=O)OC(C)(C)C)[C@@H](CC#N)C5)nc(OC[C@@H]5CC(F)(F)CN5C)nc4c3F)c12. The number of likely N-dealkylation sites (tertiary alicyclic amines) is 1. The van der Waals surface area contributed by atoms with Gasteiger partial charge in [-0.25, -0.2) is 18.0 Å².